The SMILES string of the molecule is C[C@@H](NCc1cc(N(C)C)ccn1)C1CCCC1P. The molecule has 1 aliphatic carbocycles. The molecule has 1 aliphatic rings. The van der Waals surface area contributed by atoms with Crippen molar-refractivity contribution >= 4 is 14.9 Å². The highest BCUT2D eigenvalue weighted by Crippen LogP contribution is 2.33. The summed E-state index contributed by atoms with van der Waals surface area (Å²) in [5, 5.41) is 3.64. The molecule has 106 valence electrons. The Morgan fingerprint density at radius 3 is 2.89 bits per heavy atom. The molecule has 3 unspecified atom stereocenters. The molecule has 0 saturated heterocycles. The van der Waals surface area contributed by atoms with E-state index in [1.807, 2.05) is 12.3 Å². The number of anilines is 1. The fourth-order valence-electron chi connectivity index (χ4n) is 2.90. The second-order valence-electron chi connectivity index (χ2n) is 5.83. The maximum atomic E-state index is 4.45. The maximum absolute atomic E-state index is 4.45. The number of nitrogens with zero attached hydrogens (tertiary/aromatic N) is 2. The van der Waals surface area contributed by atoms with E-state index in [9.17, 15) is 0 Å². The van der Waals surface area contributed by atoms with Crippen molar-refractivity contribution in [1.82, 2.24) is 10.3 Å². The van der Waals surface area contributed by atoms with Crippen molar-refractivity contribution < 1.29 is 0 Å². The van der Waals surface area contributed by atoms with Crippen molar-refractivity contribution in [3.63, 3.8) is 0 Å². The van der Waals surface area contributed by atoms with Gasteiger partial charge in [-0.25, -0.2) is 0 Å². The molecule has 1 saturated carbocycles. The summed E-state index contributed by atoms with van der Waals surface area (Å²) in [7, 11) is 7.14. The van der Waals surface area contributed by atoms with Gasteiger partial charge in [0.15, 0.2) is 0 Å². The fourth-order valence-corrected chi connectivity index (χ4v) is 3.66. The van der Waals surface area contributed by atoms with Crippen LogP contribution in [0, 0.1) is 5.92 Å². The van der Waals surface area contributed by atoms with Crippen molar-refractivity contribution in [3.8, 4) is 0 Å². The Kier molecular flexibility index (Phi) is 5.18. The predicted octanol–water partition coefficient (Wildman–Crippen LogP) is 2.67. The van der Waals surface area contributed by atoms with Crippen molar-refractivity contribution in [2.45, 2.75) is 44.4 Å². The van der Waals surface area contributed by atoms with Gasteiger partial charge in [-0.1, -0.05) is 6.42 Å². The molecule has 0 aromatic carbocycles. The van der Waals surface area contributed by atoms with Crippen LogP contribution < -0.4 is 10.2 Å². The van der Waals surface area contributed by atoms with Crippen LogP contribution in [0.4, 0.5) is 5.69 Å². The number of hydrogen-bond donors (Lipinski definition) is 1. The average Bonchev–Trinajstić information content (AvgIpc) is 2.82. The van der Waals surface area contributed by atoms with Gasteiger partial charge >= 0.3 is 0 Å². The Labute approximate surface area is 119 Å². The van der Waals surface area contributed by atoms with Gasteiger partial charge in [-0.3, -0.25) is 4.98 Å². The first-order valence-corrected chi connectivity index (χ1v) is 7.86. The first-order chi connectivity index (χ1) is 9.08. The molecule has 1 aromatic rings. The molecule has 0 bridgehead atoms. The lowest BCUT2D eigenvalue weighted by Crippen LogP contribution is -2.35. The number of aromatic nitrogens is 1. The molecule has 1 heterocycles. The lowest BCUT2D eigenvalue weighted by atomic mass is 9.99. The van der Waals surface area contributed by atoms with E-state index in [1.165, 1.54) is 24.9 Å². The van der Waals surface area contributed by atoms with Crippen LogP contribution in [0.2, 0.25) is 0 Å². The lowest BCUT2D eigenvalue weighted by Gasteiger charge is -2.24. The van der Waals surface area contributed by atoms with Gasteiger partial charge in [-0.05, 0) is 43.5 Å². The second-order valence-corrected chi connectivity index (χ2v) is 6.68. The zero-order valence-corrected chi connectivity index (χ0v) is 13.4. The number of nitrogens with one attached hydrogen (secondary N) is 1. The maximum Gasteiger partial charge on any atom is 0.0562 e. The molecule has 1 aromatic heterocycles. The van der Waals surface area contributed by atoms with E-state index < -0.39 is 0 Å². The quantitative estimate of drug-likeness (QED) is 0.840. The summed E-state index contributed by atoms with van der Waals surface area (Å²) in [6.45, 7) is 3.17. The largest absolute Gasteiger partial charge is 0.378 e. The van der Waals surface area contributed by atoms with Crippen LogP contribution in [0.25, 0.3) is 0 Å². The molecule has 0 spiro atoms. The number of hydrogen-bond acceptors (Lipinski definition) is 3. The third kappa shape index (κ3) is 3.90. The minimum absolute atomic E-state index is 0.565. The van der Waals surface area contributed by atoms with Crippen LogP contribution in [0.5, 0.6) is 0 Å². The summed E-state index contributed by atoms with van der Waals surface area (Å²) >= 11 is 0. The molecule has 1 N–H and O–H groups in total. The molecular formula is C15H26N3P. The monoisotopic (exact) mass is 279 g/mol. The Hall–Kier alpha value is -0.660. The summed E-state index contributed by atoms with van der Waals surface area (Å²) in [5.41, 5.74) is 3.11. The molecule has 1 fully saturated rings. The van der Waals surface area contributed by atoms with Gasteiger partial charge in [-0.2, -0.15) is 0 Å². The summed E-state index contributed by atoms with van der Waals surface area (Å²) in [6.07, 6.45) is 5.98. The van der Waals surface area contributed by atoms with Crippen LogP contribution >= 0.6 is 9.24 Å². The third-order valence-electron chi connectivity index (χ3n) is 4.19. The van der Waals surface area contributed by atoms with Gasteiger partial charge in [0.1, 0.15) is 0 Å². The van der Waals surface area contributed by atoms with Gasteiger partial charge in [0, 0.05) is 38.6 Å². The molecule has 0 radical (unpaired) electrons. The molecule has 4 heteroatoms. The Bertz CT molecular complexity index is 408. The summed E-state index contributed by atoms with van der Waals surface area (Å²) < 4.78 is 0. The third-order valence-corrected chi connectivity index (χ3v) is 5.02. The van der Waals surface area contributed by atoms with Crippen molar-refractivity contribution in [1.29, 1.82) is 0 Å². The fraction of sp³-hybridized carbons (Fsp3) is 0.667. The molecule has 3 nitrogen and oxygen atoms in total. The van der Waals surface area contributed by atoms with Crippen molar-refractivity contribution in [2.75, 3.05) is 19.0 Å². The summed E-state index contributed by atoms with van der Waals surface area (Å²) in [6, 6.07) is 4.77. The zero-order chi connectivity index (χ0) is 13.8. The summed E-state index contributed by atoms with van der Waals surface area (Å²) in [5.74, 6) is 0.794. The molecule has 0 aliphatic heterocycles. The highest BCUT2D eigenvalue weighted by molar-refractivity contribution is 7.17. The van der Waals surface area contributed by atoms with Gasteiger partial charge in [0.05, 0.1) is 5.69 Å². The van der Waals surface area contributed by atoms with Crippen molar-refractivity contribution in [3.05, 3.63) is 24.0 Å². The Morgan fingerprint density at radius 2 is 2.26 bits per heavy atom. The van der Waals surface area contributed by atoms with Crippen LogP contribution in [0.3, 0.4) is 0 Å². The minimum Gasteiger partial charge on any atom is -0.378 e. The minimum atomic E-state index is 0.565. The lowest BCUT2D eigenvalue weighted by molar-refractivity contribution is 0.385. The van der Waals surface area contributed by atoms with Crippen LogP contribution in [-0.4, -0.2) is 30.8 Å². The van der Waals surface area contributed by atoms with E-state index in [1.54, 1.807) is 0 Å². The van der Waals surface area contributed by atoms with Crippen molar-refractivity contribution in [2.24, 2.45) is 5.92 Å². The zero-order valence-electron chi connectivity index (χ0n) is 12.3. The van der Waals surface area contributed by atoms with E-state index in [0.29, 0.717) is 6.04 Å². The van der Waals surface area contributed by atoms with Gasteiger partial charge in [0.2, 0.25) is 0 Å². The smallest absolute Gasteiger partial charge is 0.0562 e. The molecule has 2 rings (SSSR count). The summed E-state index contributed by atoms with van der Waals surface area (Å²) in [4.78, 5) is 6.56. The molecule has 4 atom stereocenters. The predicted molar refractivity (Wildman–Crippen MR) is 85.7 cm³/mol. The first kappa shape index (κ1) is 14.7. The van der Waals surface area contributed by atoms with E-state index in [4.69, 9.17) is 0 Å². The van der Waals surface area contributed by atoms with Gasteiger partial charge < -0.3 is 10.2 Å². The topological polar surface area (TPSA) is 28.2 Å². The average molecular weight is 279 g/mol. The molecular weight excluding hydrogens is 253 g/mol. The van der Waals surface area contributed by atoms with Gasteiger partial charge in [0.25, 0.3) is 0 Å². The van der Waals surface area contributed by atoms with E-state index in [0.717, 1.165) is 23.8 Å². The van der Waals surface area contributed by atoms with Crippen LogP contribution in [0.15, 0.2) is 18.3 Å². The number of pyridine rings is 1. The highest BCUT2D eigenvalue weighted by Gasteiger charge is 2.28. The second kappa shape index (κ2) is 6.67. The highest BCUT2D eigenvalue weighted by atomic mass is 31.0. The van der Waals surface area contributed by atoms with E-state index in [-0.39, 0.29) is 0 Å². The first-order valence-electron chi connectivity index (χ1n) is 7.19. The van der Waals surface area contributed by atoms with Crippen LogP contribution in [-0.2, 0) is 6.54 Å². The molecule has 19 heavy (non-hydrogen) atoms. The number of rotatable bonds is 5. The van der Waals surface area contributed by atoms with Gasteiger partial charge in [-0.15, -0.1) is 9.24 Å². The normalized spacial score (nSPS) is 24.4. The standard InChI is InChI=1S/C15H26N3P/c1-11(14-5-4-6-15(14)19)17-10-12-9-13(18(2)3)7-8-16-12/h7-9,11,14-15,17H,4-6,10,19H2,1-3H3/t11-,14?,15?/m1/s1. The molecule has 0 amide bonds. The van der Waals surface area contributed by atoms with Crippen LogP contribution in [0.1, 0.15) is 31.9 Å². The Balaban J connectivity index is 1.89. The Morgan fingerprint density at radius 1 is 1.47 bits per heavy atom. The van der Waals surface area contributed by atoms with E-state index in [2.05, 4.69) is 51.5 Å². The van der Waals surface area contributed by atoms with E-state index >= 15 is 0 Å².